The maximum Gasteiger partial charge on any atom is 0.0919 e. The first-order valence-corrected chi connectivity index (χ1v) is 8.19. The highest BCUT2D eigenvalue weighted by Crippen LogP contribution is 2.22. The summed E-state index contributed by atoms with van der Waals surface area (Å²) in [6, 6.07) is 6.98. The fraction of sp³-hybridized carbons (Fsp3) is 0.667. The summed E-state index contributed by atoms with van der Waals surface area (Å²) >= 11 is 0. The van der Waals surface area contributed by atoms with E-state index in [1.807, 2.05) is 0 Å². The molecule has 2 rings (SSSR count). The third-order valence-electron chi connectivity index (χ3n) is 4.71. The van der Waals surface area contributed by atoms with E-state index in [1.165, 1.54) is 30.5 Å². The minimum Gasteiger partial charge on any atom is -0.387 e. The molecule has 0 aliphatic carbocycles. The molecule has 1 fully saturated rings. The Labute approximate surface area is 129 Å². The standard InChI is InChI=1S/C18H30N2O/c1-5-20-10-6-7-16(20)12-19(4)13-18(21)17-11-14(2)8-9-15(17)3/h8-9,11,16,18,21H,5-7,10,12-13H2,1-4H3. The molecule has 1 aromatic carbocycles. The van der Waals surface area contributed by atoms with E-state index in [4.69, 9.17) is 0 Å². The predicted octanol–water partition coefficient (Wildman–Crippen LogP) is 2.75. The maximum atomic E-state index is 10.5. The lowest BCUT2D eigenvalue weighted by molar-refractivity contribution is 0.109. The quantitative estimate of drug-likeness (QED) is 0.873. The average Bonchev–Trinajstić information content (AvgIpc) is 2.88. The third kappa shape index (κ3) is 4.29. The van der Waals surface area contributed by atoms with Crippen LogP contribution >= 0.6 is 0 Å². The van der Waals surface area contributed by atoms with Crippen molar-refractivity contribution < 1.29 is 5.11 Å². The van der Waals surface area contributed by atoms with Crippen LogP contribution in [0.25, 0.3) is 0 Å². The minimum atomic E-state index is -0.397. The molecule has 2 atom stereocenters. The Morgan fingerprint density at radius 2 is 2.14 bits per heavy atom. The van der Waals surface area contributed by atoms with Crippen LogP contribution in [0.15, 0.2) is 18.2 Å². The lowest BCUT2D eigenvalue weighted by Crippen LogP contribution is -2.40. The number of rotatable bonds is 6. The lowest BCUT2D eigenvalue weighted by atomic mass is 10.0. The van der Waals surface area contributed by atoms with Crippen molar-refractivity contribution in [2.24, 2.45) is 0 Å². The van der Waals surface area contributed by atoms with Crippen LogP contribution in [-0.2, 0) is 0 Å². The molecule has 1 heterocycles. The Bertz CT molecular complexity index is 461. The highest BCUT2D eigenvalue weighted by atomic mass is 16.3. The zero-order valence-corrected chi connectivity index (χ0v) is 14.0. The van der Waals surface area contributed by atoms with Crippen molar-refractivity contribution in [3.8, 4) is 0 Å². The van der Waals surface area contributed by atoms with Gasteiger partial charge >= 0.3 is 0 Å². The summed E-state index contributed by atoms with van der Waals surface area (Å²) in [5, 5.41) is 10.5. The molecule has 3 nitrogen and oxygen atoms in total. The average molecular weight is 290 g/mol. The molecule has 1 aliphatic heterocycles. The Morgan fingerprint density at radius 3 is 2.86 bits per heavy atom. The molecule has 118 valence electrons. The normalized spacial score (nSPS) is 21.1. The number of benzene rings is 1. The van der Waals surface area contributed by atoms with E-state index in [0.29, 0.717) is 12.6 Å². The number of hydrogen-bond acceptors (Lipinski definition) is 3. The van der Waals surface area contributed by atoms with E-state index in [0.717, 1.165) is 18.7 Å². The monoisotopic (exact) mass is 290 g/mol. The molecule has 0 amide bonds. The van der Waals surface area contributed by atoms with Gasteiger partial charge in [0.2, 0.25) is 0 Å². The van der Waals surface area contributed by atoms with E-state index in [1.54, 1.807) is 0 Å². The first kappa shape index (κ1) is 16.5. The molecule has 1 N–H and O–H groups in total. The van der Waals surface area contributed by atoms with Crippen LogP contribution in [0.5, 0.6) is 0 Å². The van der Waals surface area contributed by atoms with Gasteiger partial charge < -0.3 is 10.0 Å². The molecule has 0 bridgehead atoms. The van der Waals surface area contributed by atoms with Crippen molar-refractivity contribution in [2.75, 3.05) is 33.2 Å². The topological polar surface area (TPSA) is 26.7 Å². The molecule has 0 aromatic heterocycles. The molecule has 1 aromatic rings. The first-order chi connectivity index (χ1) is 10.0. The van der Waals surface area contributed by atoms with Crippen LogP contribution in [0.3, 0.4) is 0 Å². The number of nitrogens with zero attached hydrogens (tertiary/aromatic N) is 2. The first-order valence-electron chi connectivity index (χ1n) is 8.19. The largest absolute Gasteiger partial charge is 0.387 e. The molecule has 1 saturated heterocycles. The predicted molar refractivity (Wildman–Crippen MR) is 88.6 cm³/mol. The van der Waals surface area contributed by atoms with E-state index in [-0.39, 0.29) is 0 Å². The van der Waals surface area contributed by atoms with Crippen LogP contribution in [0.2, 0.25) is 0 Å². The Morgan fingerprint density at radius 1 is 1.38 bits per heavy atom. The summed E-state index contributed by atoms with van der Waals surface area (Å²) in [6.45, 7) is 10.5. The summed E-state index contributed by atoms with van der Waals surface area (Å²) in [6.07, 6.45) is 2.20. The molecular formula is C18H30N2O. The molecule has 3 heteroatoms. The highest BCUT2D eigenvalue weighted by molar-refractivity contribution is 5.32. The molecule has 2 unspecified atom stereocenters. The van der Waals surface area contributed by atoms with Crippen molar-refractivity contribution in [1.29, 1.82) is 0 Å². The zero-order valence-electron chi connectivity index (χ0n) is 14.0. The van der Waals surface area contributed by atoms with Gasteiger partial charge in [0.1, 0.15) is 0 Å². The maximum absolute atomic E-state index is 10.5. The second kappa shape index (κ2) is 7.39. The van der Waals surface area contributed by atoms with Gasteiger partial charge in [0, 0.05) is 19.1 Å². The van der Waals surface area contributed by atoms with Crippen LogP contribution in [0, 0.1) is 13.8 Å². The van der Waals surface area contributed by atoms with Gasteiger partial charge in [0.05, 0.1) is 6.10 Å². The van der Waals surface area contributed by atoms with Crippen molar-refractivity contribution in [3.05, 3.63) is 34.9 Å². The fourth-order valence-corrected chi connectivity index (χ4v) is 3.46. The number of likely N-dealkylation sites (tertiary alicyclic amines) is 1. The van der Waals surface area contributed by atoms with Crippen LogP contribution in [0.1, 0.15) is 42.6 Å². The van der Waals surface area contributed by atoms with Gasteiger partial charge in [-0.3, -0.25) is 4.90 Å². The SMILES string of the molecule is CCN1CCCC1CN(C)CC(O)c1cc(C)ccc1C. The number of aliphatic hydroxyl groups is 1. The van der Waals surface area contributed by atoms with Gasteiger partial charge in [-0.2, -0.15) is 0 Å². The lowest BCUT2D eigenvalue weighted by Gasteiger charge is -2.29. The summed E-state index contributed by atoms with van der Waals surface area (Å²) in [5.74, 6) is 0. The van der Waals surface area contributed by atoms with Gasteiger partial charge in [-0.05, 0) is 58.0 Å². The Hall–Kier alpha value is -0.900. The van der Waals surface area contributed by atoms with Crippen molar-refractivity contribution in [3.63, 3.8) is 0 Å². The smallest absolute Gasteiger partial charge is 0.0919 e. The molecule has 0 spiro atoms. The van der Waals surface area contributed by atoms with Crippen LogP contribution < -0.4 is 0 Å². The Balaban J connectivity index is 1.92. The molecule has 1 aliphatic rings. The summed E-state index contributed by atoms with van der Waals surface area (Å²) in [4.78, 5) is 4.84. The van der Waals surface area contributed by atoms with Gasteiger partial charge in [-0.1, -0.05) is 30.7 Å². The summed E-state index contributed by atoms with van der Waals surface area (Å²) < 4.78 is 0. The van der Waals surface area contributed by atoms with E-state index >= 15 is 0 Å². The fourth-order valence-electron chi connectivity index (χ4n) is 3.46. The molecule has 0 saturated carbocycles. The van der Waals surface area contributed by atoms with Crippen LogP contribution in [0.4, 0.5) is 0 Å². The van der Waals surface area contributed by atoms with Gasteiger partial charge in [-0.15, -0.1) is 0 Å². The van der Waals surface area contributed by atoms with E-state index in [2.05, 4.69) is 55.8 Å². The third-order valence-corrected chi connectivity index (χ3v) is 4.71. The van der Waals surface area contributed by atoms with Crippen LogP contribution in [-0.4, -0.2) is 54.2 Å². The molecule has 0 radical (unpaired) electrons. The van der Waals surface area contributed by atoms with E-state index < -0.39 is 6.10 Å². The number of aliphatic hydroxyl groups excluding tert-OH is 1. The Kier molecular flexibility index (Phi) is 5.80. The summed E-state index contributed by atoms with van der Waals surface area (Å²) in [7, 11) is 2.13. The zero-order chi connectivity index (χ0) is 15.4. The van der Waals surface area contributed by atoms with Crippen molar-refractivity contribution in [2.45, 2.75) is 45.8 Å². The van der Waals surface area contributed by atoms with Crippen molar-refractivity contribution in [1.82, 2.24) is 9.80 Å². The van der Waals surface area contributed by atoms with Gasteiger partial charge in [-0.25, -0.2) is 0 Å². The second-order valence-electron chi connectivity index (χ2n) is 6.52. The molecule has 21 heavy (non-hydrogen) atoms. The summed E-state index contributed by atoms with van der Waals surface area (Å²) in [5.41, 5.74) is 3.46. The number of likely N-dealkylation sites (N-methyl/N-ethyl adjacent to an activating group) is 2. The van der Waals surface area contributed by atoms with Gasteiger partial charge in [0.25, 0.3) is 0 Å². The number of aryl methyl sites for hydroxylation is 2. The van der Waals surface area contributed by atoms with E-state index in [9.17, 15) is 5.11 Å². The van der Waals surface area contributed by atoms with Crippen molar-refractivity contribution >= 4 is 0 Å². The molecular weight excluding hydrogens is 260 g/mol. The highest BCUT2D eigenvalue weighted by Gasteiger charge is 2.24. The minimum absolute atomic E-state index is 0.397. The number of hydrogen-bond donors (Lipinski definition) is 1. The second-order valence-corrected chi connectivity index (χ2v) is 6.52. The van der Waals surface area contributed by atoms with Gasteiger partial charge in [0.15, 0.2) is 0 Å².